The highest BCUT2D eigenvalue weighted by Crippen LogP contribution is 2.22. The van der Waals surface area contributed by atoms with E-state index in [0.717, 1.165) is 13.1 Å². The second kappa shape index (κ2) is 6.82. The molecule has 1 aliphatic rings. The first-order valence-electron chi connectivity index (χ1n) is 7.48. The zero-order chi connectivity index (χ0) is 13.8. The van der Waals surface area contributed by atoms with Gasteiger partial charge in [0, 0.05) is 36.6 Å². The molecule has 1 N–H and O–H groups in total. The third-order valence-corrected chi connectivity index (χ3v) is 5.06. The summed E-state index contributed by atoms with van der Waals surface area (Å²) in [6.45, 7) is 12.4. The summed E-state index contributed by atoms with van der Waals surface area (Å²) in [5.41, 5.74) is 3.18. The summed E-state index contributed by atoms with van der Waals surface area (Å²) in [5.74, 6) is 0.698. The first kappa shape index (κ1) is 14.9. The molecule has 2 heterocycles. The maximum absolute atomic E-state index is 4.38. The van der Waals surface area contributed by atoms with E-state index in [-0.39, 0.29) is 0 Å². The summed E-state index contributed by atoms with van der Waals surface area (Å²) in [7, 11) is 0. The monoisotopic (exact) mass is 281 g/mol. The lowest BCUT2D eigenvalue weighted by atomic mass is 9.97. The Labute approximate surface area is 121 Å². The predicted molar refractivity (Wildman–Crippen MR) is 82.6 cm³/mol. The molecule has 2 rings (SSSR count). The van der Waals surface area contributed by atoms with Crippen LogP contribution in [-0.4, -0.2) is 35.1 Å². The van der Waals surface area contributed by atoms with Crippen molar-refractivity contribution < 1.29 is 0 Å². The fourth-order valence-electron chi connectivity index (χ4n) is 2.94. The molecule has 19 heavy (non-hydrogen) atoms. The molecule has 0 bridgehead atoms. The number of thiazole rings is 1. The lowest BCUT2D eigenvalue weighted by Crippen LogP contribution is -2.57. The molecule has 0 amide bonds. The van der Waals surface area contributed by atoms with Crippen LogP contribution in [0.4, 0.5) is 0 Å². The van der Waals surface area contributed by atoms with Crippen LogP contribution in [0.3, 0.4) is 0 Å². The molecule has 108 valence electrons. The molecule has 1 aromatic rings. The molecule has 0 saturated carbocycles. The van der Waals surface area contributed by atoms with Gasteiger partial charge in [-0.15, -0.1) is 11.3 Å². The van der Waals surface area contributed by atoms with Gasteiger partial charge in [0.1, 0.15) is 0 Å². The normalized spacial score (nSPS) is 25.1. The van der Waals surface area contributed by atoms with E-state index in [2.05, 4.69) is 42.9 Å². The number of piperazine rings is 1. The number of rotatable bonds is 5. The minimum absolute atomic E-state index is 0.648. The second-order valence-electron chi connectivity index (χ2n) is 6.00. The van der Waals surface area contributed by atoms with E-state index in [9.17, 15) is 0 Å². The number of nitrogens with zero attached hydrogens (tertiary/aromatic N) is 2. The maximum atomic E-state index is 4.38. The van der Waals surface area contributed by atoms with Gasteiger partial charge < -0.3 is 5.32 Å². The van der Waals surface area contributed by atoms with Gasteiger partial charge in [-0.2, -0.15) is 0 Å². The van der Waals surface area contributed by atoms with E-state index in [0.29, 0.717) is 18.0 Å². The number of hydrogen-bond acceptors (Lipinski definition) is 4. The molecule has 0 spiro atoms. The Kier molecular flexibility index (Phi) is 5.37. The van der Waals surface area contributed by atoms with Crippen LogP contribution in [0, 0.1) is 12.8 Å². The van der Waals surface area contributed by atoms with Crippen LogP contribution in [0.15, 0.2) is 5.51 Å². The zero-order valence-corrected chi connectivity index (χ0v) is 13.5. The predicted octanol–water partition coefficient (Wildman–Crippen LogP) is 3.05. The molecular formula is C15H27N3S. The van der Waals surface area contributed by atoms with Crippen LogP contribution in [0.1, 0.15) is 44.2 Å². The lowest BCUT2D eigenvalue weighted by molar-refractivity contribution is 0.0893. The summed E-state index contributed by atoms with van der Waals surface area (Å²) >= 11 is 1.80. The average molecular weight is 281 g/mol. The molecular weight excluding hydrogens is 254 g/mol. The van der Waals surface area contributed by atoms with E-state index in [1.54, 1.807) is 11.3 Å². The van der Waals surface area contributed by atoms with Gasteiger partial charge in [-0.1, -0.05) is 27.2 Å². The van der Waals surface area contributed by atoms with Crippen LogP contribution in [0.2, 0.25) is 0 Å². The Morgan fingerprint density at radius 2 is 2.32 bits per heavy atom. The topological polar surface area (TPSA) is 28.2 Å². The molecule has 2 unspecified atom stereocenters. The van der Waals surface area contributed by atoms with Crippen LogP contribution >= 0.6 is 11.3 Å². The number of aryl methyl sites for hydroxylation is 1. The number of hydrogen-bond donors (Lipinski definition) is 1. The molecule has 3 nitrogen and oxygen atoms in total. The van der Waals surface area contributed by atoms with E-state index in [1.807, 2.05) is 5.51 Å². The summed E-state index contributed by atoms with van der Waals surface area (Å²) in [5, 5.41) is 3.72. The van der Waals surface area contributed by atoms with Gasteiger partial charge in [0.2, 0.25) is 0 Å². The van der Waals surface area contributed by atoms with Crippen molar-refractivity contribution in [2.45, 2.75) is 59.2 Å². The maximum Gasteiger partial charge on any atom is 0.0798 e. The van der Waals surface area contributed by atoms with Crippen molar-refractivity contribution in [3.63, 3.8) is 0 Å². The molecule has 0 aromatic carbocycles. The molecule has 1 saturated heterocycles. The van der Waals surface area contributed by atoms with Gasteiger partial charge in [0.05, 0.1) is 11.2 Å². The van der Waals surface area contributed by atoms with Gasteiger partial charge in [-0.3, -0.25) is 4.90 Å². The third kappa shape index (κ3) is 3.77. The highest BCUT2D eigenvalue weighted by Gasteiger charge is 2.29. The van der Waals surface area contributed by atoms with E-state index in [1.165, 1.54) is 30.0 Å². The fourth-order valence-corrected chi connectivity index (χ4v) is 3.74. The Hall–Kier alpha value is -0.450. The van der Waals surface area contributed by atoms with Crippen LogP contribution in [0.5, 0.6) is 0 Å². The number of nitrogens with one attached hydrogen (secondary N) is 1. The Morgan fingerprint density at radius 3 is 2.89 bits per heavy atom. The Balaban J connectivity index is 2.05. The first-order valence-corrected chi connectivity index (χ1v) is 8.36. The first-order chi connectivity index (χ1) is 9.11. The fraction of sp³-hybridized carbons (Fsp3) is 0.800. The van der Waals surface area contributed by atoms with Gasteiger partial charge in [-0.25, -0.2) is 4.98 Å². The van der Waals surface area contributed by atoms with E-state index in [4.69, 9.17) is 0 Å². The largest absolute Gasteiger partial charge is 0.311 e. The Bertz CT molecular complexity index is 388. The van der Waals surface area contributed by atoms with Gasteiger partial charge in [-0.05, 0) is 19.3 Å². The summed E-state index contributed by atoms with van der Waals surface area (Å²) in [6.07, 6.45) is 2.54. The van der Waals surface area contributed by atoms with Crippen molar-refractivity contribution in [2.75, 3.05) is 13.1 Å². The van der Waals surface area contributed by atoms with Crippen LogP contribution in [-0.2, 0) is 6.54 Å². The minimum atomic E-state index is 0.648. The standard InChI is InChI=1S/C15H27N3S/c1-5-6-13-8-18(14(7-16-13)11(2)3)9-15-12(4)17-10-19-15/h10-11,13-14,16H,5-9H2,1-4H3. The molecule has 1 fully saturated rings. The summed E-state index contributed by atoms with van der Waals surface area (Å²) in [6, 6.07) is 1.31. The van der Waals surface area contributed by atoms with Crippen molar-refractivity contribution >= 4 is 11.3 Å². The quantitative estimate of drug-likeness (QED) is 0.899. The van der Waals surface area contributed by atoms with Gasteiger partial charge >= 0.3 is 0 Å². The third-order valence-electron chi connectivity index (χ3n) is 4.14. The van der Waals surface area contributed by atoms with Gasteiger partial charge in [0.25, 0.3) is 0 Å². The molecule has 4 heteroatoms. The van der Waals surface area contributed by atoms with Crippen LogP contribution in [0.25, 0.3) is 0 Å². The zero-order valence-electron chi connectivity index (χ0n) is 12.6. The summed E-state index contributed by atoms with van der Waals surface area (Å²) < 4.78 is 0. The van der Waals surface area contributed by atoms with Crippen molar-refractivity contribution in [2.24, 2.45) is 5.92 Å². The molecule has 2 atom stereocenters. The lowest BCUT2D eigenvalue weighted by Gasteiger charge is -2.42. The molecule has 0 aliphatic carbocycles. The van der Waals surface area contributed by atoms with Gasteiger partial charge in [0.15, 0.2) is 0 Å². The van der Waals surface area contributed by atoms with E-state index < -0.39 is 0 Å². The SMILES string of the molecule is CCCC1CN(Cc2scnc2C)C(C(C)C)CN1. The van der Waals surface area contributed by atoms with Crippen molar-refractivity contribution in [3.05, 3.63) is 16.1 Å². The smallest absolute Gasteiger partial charge is 0.0798 e. The van der Waals surface area contributed by atoms with Crippen LogP contribution < -0.4 is 5.32 Å². The molecule has 1 aliphatic heterocycles. The summed E-state index contributed by atoms with van der Waals surface area (Å²) in [4.78, 5) is 8.49. The molecule has 1 aromatic heterocycles. The van der Waals surface area contributed by atoms with Crippen molar-refractivity contribution in [1.82, 2.24) is 15.2 Å². The minimum Gasteiger partial charge on any atom is -0.311 e. The highest BCUT2D eigenvalue weighted by molar-refractivity contribution is 7.09. The van der Waals surface area contributed by atoms with Crippen molar-refractivity contribution in [1.29, 1.82) is 0 Å². The Morgan fingerprint density at radius 1 is 1.53 bits per heavy atom. The van der Waals surface area contributed by atoms with Crippen molar-refractivity contribution in [3.8, 4) is 0 Å². The van der Waals surface area contributed by atoms with E-state index >= 15 is 0 Å². The molecule has 0 radical (unpaired) electrons. The highest BCUT2D eigenvalue weighted by atomic mass is 32.1. The average Bonchev–Trinajstić information content (AvgIpc) is 2.75. The second-order valence-corrected chi connectivity index (χ2v) is 6.93. The number of aromatic nitrogens is 1.